The highest BCUT2D eigenvalue weighted by Gasteiger charge is 2.46. The molecule has 3 aromatic rings. The Morgan fingerprint density at radius 3 is 2.15 bits per heavy atom. The number of nitrogens with one attached hydrogen (secondary N) is 2. The van der Waals surface area contributed by atoms with Gasteiger partial charge in [-0.05, 0) is 60.3 Å². The van der Waals surface area contributed by atoms with Crippen LogP contribution in [-0.2, 0) is 21.9 Å². The van der Waals surface area contributed by atoms with Crippen molar-refractivity contribution in [3.63, 3.8) is 0 Å². The summed E-state index contributed by atoms with van der Waals surface area (Å²) in [5.41, 5.74) is -3.30. The van der Waals surface area contributed by atoms with Gasteiger partial charge in [-0.15, -0.1) is 0 Å². The second-order valence-electron chi connectivity index (χ2n) is 8.74. The van der Waals surface area contributed by atoms with Crippen LogP contribution in [0.2, 0.25) is 0 Å². The van der Waals surface area contributed by atoms with E-state index in [2.05, 4.69) is 10.6 Å². The van der Waals surface area contributed by atoms with E-state index in [1.807, 2.05) is 6.07 Å². The fraction of sp³-hybridized carbons (Fsp3) is 0.214. The second kappa shape index (κ2) is 13.0. The van der Waals surface area contributed by atoms with E-state index >= 15 is 0 Å². The van der Waals surface area contributed by atoms with Crippen molar-refractivity contribution in [2.24, 2.45) is 0 Å². The van der Waals surface area contributed by atoms with Crippen molar-refractivity contribution in [1.82, 2.24) is 4.90 Å². The average Bonchev–Trinajstić information content (AvgIpc) is 2.92. The third-order valence-corrected chi connectivity index (χ3v) is 7.10. The lowest BCUT2D eigenvalue weighted by Crippen LogP contribution is -2.39. The molecule has 1 heterocycles. The Kier molecular flexibility index (Phi) is 9.61. The van der Waals surface area contributed by atoms with Crippen LogP contribution in [0, 0.1) is 0 Å². The highest BCUT2D eigenvalue weighted by atomic mass is 32.2. The van der Waals surface area contributed by atoms with Crippen molar-refractivity contribution < 1.29 is 35.9 Å². The van der Waals surface area contributed by atoms with Gasteiger partial charge in [0.15, 0.2) is 5.11 Å². The zero-order valence-electron chi connectivity index (χ0n) is 21.2. The summed E-state index contributed by atoms with van der Waals surface area (Å²) in [6.45, 7) is 1.01. The molecule has 1 fully saturated rings. The van der Waals surface area contributed by atoms with E-state index in [0.29, 0.717) is 23.1 Å². The van der Waals surface area contributed by atoms with Crippen LogP contribution in [0.5, 0.6) is 0 Å². The average molecular weight is 612 g/mol. The second-order valence-corrected chi connectivity index (χ2v) is 10.3. The Morgan fingerprint density at radius 2 is 1.49 bits per heavy atom. The van der Waals surface area contributed by atoms with Crippen molar-refractivity contribution >= 4 is 52.5 Å². The molecule has 0 aromatic heterocycles. The van der Waals surface area contributed by atoms with Crippen LogP contribution in [0.25, 0.3) is 6.08 Å². The van der Waals surface area contributed by atoms with E-state index in [1.165, 1.54) is 17.0 Å². The summed E-state index contributed by atoms with van der Waals surface area (Å²) >= 11 is 5.81. The third-order valence-electron chi connectivity index (χ3n) is 5.85. The van der Waals surface area contributed by atoms with E-state index in [4.69, 9.17) is 17.0 Å². The van der Waals surface area contributed by atoms with Crippen LogP contribution >= 0.6 is 24.0 Å². The highest BCUT2D eigenvalue weighted by molar-refractivity contribution is 7.99. The number of carbonyl (C=O) groups is 1. The molecule has 41 heavy (non-hydrogen) atoms. The standard InChI is InChI=1S/C28H23F6N3O2S2/c29-27(30,31)24-18(10-12-23(38)37-13-15-39-16-14-37)9-11-22(25(24)28(32,33)34)41-21-8-4-7-20(17-21)36-26(40)35-19-5-2-1-3-6-19/h1-12,17H,13-16H2,(H2,35,36,40)/b12-10+. The Labute approximate surface area is 241 Å². The van der Waals surface area contributed by atoms with Gasteiger partial charge in [0.25, 0.3) is 0 Å². The molecular formula is C28H23F6N3O2S2. The molecule has 0 saturated carbocycles. The zero-order valence-corrected chi connectivity index (χ0v) is 22.8. The molecule has 0 radical (unpaired) electrons. The molecule has 0 spiro atoms. The highest BCUT2D eigenvalue weighted by Crippen LogP contribution is 2.48. The lowest BCUT2D eigenvalue weighted by molar-refractivity contribution is -0.163. The van der Waals surface area contributed by atoms with E-state index in [0.717, 1.165) is 24.3 Å². The number of thiocarbonyl (C=S) groups is 1. The van der Waals surface area contributed by atoms with Gasteiger partial charge in [0, 0.05) is 40.3 Å². The first-order valence-corrected chi connectivity index (χ1v) is 13.4. The minimum Gasteiger partial charge on any atom is -0.378 e. The summed E-state index contributed by atoms with van der Waals surface area (Å²) in [6, 6.07) is 17.0. The molecule has 3 aromatic carbocycles. The number of halogens is 6. The topological polar surface area (TPSA) is 53.6 Å². The Morgan fingerprint density at radius 1 is 0.854 bits per heavy atom. The van der Waals surface area contributed by atoms with Gasteiger partial charge in [-0.2, -0.15) is 26.3 Å². The predicted octanol–water partition coefficient (Wildman–Crippen LogP) is 7.56. The number of para-hydroxylation sites is 1. The quantitative estimate of drug-likeness (QED) is 0.171. The fourth-order valence-electron chi connectivity index (χ4n) is 4.04. The van der Waals surface area contributed by atoms with Gasteiger partial charge in [-0.3, -0.25) is 4.79 Å². The van der Waals surface area contributed by atoms with Crippen LogP contribution in [0.15, 0.2) is 82.6 Å². The molecule has 1 amide bonds. The Bertz CT molecular complexity index is 1420. The lowest BCUT2D eigenvalue weighted by Gasteiger charge is -2.25. The molecular weight excluding hydrogens is 588 g/mol. The summed E-state index contributed by atoms with van der Waals surface area (Å²) in [5.74, 6) is -0.614. The fourth-order valence-corrected chi connectivity index (χ4v) is 5.32. The number of hydrogen-bond donors (Lipinski definition) is 2. The van der Waals surface area contributed by atoms with Gasteiger partial charge in [0.05, 0.1) is 24.3 Å². The van der Waals surface area contributed by atoms with E-state index in [9.17, 15) is 31.1 Å². The summed E-state index contributed by atoms with van der Waals surface area (Å²) in [6.07, 6.45) is -9.05. The normalized spacial score (nSPS) is 14.2. The predicted molar refractivity (Wildman–Crippen MR) is 150 cm³/mol. The van der Waals surface area contributed by atoms with E-state index < -0.39 is 39.8 Å². The van der Waals surface area contributed by atoms with Crippen molar-refractivity contribution in [3.05, 3.63) is 89.5 Å². The molecule has 1 aliphatic heterocycles. The van der Waals surface area contributed by atoms with Crippen LogP contribution < -0.4 is 10.6 Å². The van der Waals surface area contributed by atoms with Gasteiger partial charge in [-0.25, -0.2) is 0 Å². The van der Waals surface area contributed by atoms with Gasteiger partial charge < -0.3 is 20.3 Å². The number of morpholine rings is 1. The Hall–Kier alpha value is -3.55. The van der Waals surface area contributed by atoms with Crippen molar-refractivity contribution in [2.45, 2.75) is 22.1 Å². The van der Waals surface area contributed by atoms with Gasteiger partial charge in [-0.1, -0.05) is 42.1 Å². The smallest absolute Gasteiger partial charge is 0.378 e. The molecule has 0 unspecified atom stereocenters. The number of alkyl halides is 6. The van der Waals surface area contributed by atoms with Crippen LogP contribution in [-0.4, -0.2) is 42.2 Å². The number of hydrogen-bond acceptors (Lipinski definition) is 4. The zero-order chi connectivity index (χ0) is 29.6. The van der Waals surface area contributed by atoms with Gasteiger partial charge >= 0.3 is 12.4 Å². The maximum atomic E-state index is 14.2. The number of nitrogens with zero attached hydrogens (tertiary/aromatic N) is 1. The number of amides is 1. The van der Waals surface area contributed by atoms with Crippen molar-refractivity contribution in [3.8, 4) is 0 Å². The van der Waals surface area contributed by atoms with Gasteiger partial charge in [0.1, 0.15) is 0 Å². The summed E-state index contributed by atoms with van der Waals surface area (Å²) in [7, 11) is 0. The van der Waals surface area contributed by atoms with E-state index in [1.54, 1.807) is 36.4 Å². The maximum absolute atomic E-state index is 14.2. The molecule has 1 saturated heterocycles. The third kappa shape index (κ3) is 8.24. The molecule has 216 valence electrons. The lowest BCUT2D eigenvalue weighted by atomic mass is 9.99. The van der Waals surface area contributed by atoms with Crippen LogP contribution in [0.1, 0.15) is 16.7 Å². The first-order chi connectivity index (χ1) is 19.4. The Balaban J connectivity index is 1.62. The van der Waals surface area contributed by atoms with Crippen molar-refractivity contribution in [1.29, 1.82) is 0 Å². The largest absolute Gasteiger partial charge is 0.418 e. The molecule has 13 heteroatoms. The number of ether oxygens (including phenoxy) is 1. The molecule has 4 rings (SSSR count). The SMILES string of the molecule is O=C(/C=C/c1ccc(Sc2cccc(NC(=S)Nc3ccccc3)c2)c(C(F)(F)F)c1C(F)(F)F)N1CCOCC1. The molecule has 0 bridgehead atoms. The monoisotopic (exact) mass is 611 g/mol. The summed E-state index contributed by atoms with van der Waals surface area (Å²) < 4.78 is 90.2. The van der Waals surface area contributed by atoms with Crippen LogP contribution in [0.4, 0.5) is 37.7 Å². The first-order valence-electron chi connectivity index (χ1n) is 12.2. The minimum atomic E-state index is -5.35. The summed E-state index contributed by atoms with van der Waals surface area (Å²) in [5, 5.41) is 6.09. The van der Waals surface area contributed by atoms with Gasteiger partial charge in [0.2, 0.25) is 5.91 Å². The number of anilines is 2. The van der Waals surface area contributed by atoms with E-state index in [-0.39, 0.29) is 36.3 Å². The minimum absolute atomic E-state index is 0.219. The number of rotatable bonds is 6. The molecule has 0 atom stereocenters. The van der Waals surface area contributed by atoms with Crippen LogP contribution in [0.3, 0.4) is 0 Å². The molecule has 2 N–H and O–H groups in total. The first kappa shape index (κ1) is 30.4. The number of carbonyl (C=O) groups excluding carboxylic acids is 1. The summed E-state index contributed by atoms with van der Waals surface area (Å²) in [4.78, 5) is 13.4. The van der Waals surface area contributed by atoms with Crippen molar-refractivity contribution in [2.75, 3.05) is 36.9 Å². The number of benzene rings is 3. The molecule has 5 nitrogen and oxygen atoms in total. The molecule has 1 aliphatic rings. The molecule has 0 aliphatic carbocycles. The maximum Gasteiger partial charge on any atom is 0.418 e.